The summed E-state index contributed by atoms with van der Waals surface area (Å²) in [6, 6.07) is 10.9. The molecule has 2 aromatic carbocycles. The molecule has 1 N–H and O–H groups in total. The zero-order chi connectivity index (χ0) is 27.0. The van der Waals surface area contributed by atoms with Crippen LogP contribution in [0, 0.1) is 11.6 Å². The highest BCUT2D eigenvalue weighted by Gasteiger charge is 2.42. The maximum absolute atomic E-state index is 14.1. The Morgan fingerprint density at radius 3 is 2.61 bits per heavy atom. The number of amides is 2. The topological polar surface area (TPSA) is 97.7 Å². The Labute approximate surface area is 216 Å². The average Bonchev–Trinajstić information content (AvgIpc) is 3.03. The zero-order valence-corrected chi connectivity index (χ0v) is 20.6. The average molecular weight is 522 g/mol. The predicted molar refractivity (Wildman–Crippen MR) is 133 cm³/mol. The first-order chi connectivity index (χ1) is 18.2. The number of ketones is 1. The third-order valence-corrected chi connectivity index (χ3v) is 7.00. The number of halogens is 2. The third kappa shape index (κ3) is 4.69. The quantitative estimate of drug-likeness (QED) is 0.537. The molecule has 10 heteroatoms. The Hall–Kier alpha value is -4.34. The molecule has 5 rings (SSSR count). The van der Waals surface area contributed by atoms with E-state index in [-0.39, 0.29) is 60.5 Å². The lowest BCUT2D eigenvalue weighted by Crippen LogP contribution is -2.48. The van der Waals surface area contributed by atoms with Gasteiger partial charge in [-0.25, -0.2) is 8.78 Å². The number of rotatable bonds is 6. The van der Waals surface area contributed by atoms with Crippen LogP contribution in [0.15, 0.2) is 59.5 Å². The number of nitrogens with one attached hydrogen (secondary N) is 1. The van der Waals surface area contributed by atoms with Crippen LogP contribution >= 0.6 is 0 Å². The molecule has 0 radical (unpaired) electrons. The number of ether oxygens (including phenoxy) is 1. The number of aromatic nitrogens is 1. The van der Waals surface area contributed by atoms with Crippen LogP contribution in [-0.4, -0.2) is 39.7 Å². The molecule has 8 nitrogen and oxygen atoms in total. The van der Waals surface area contributed by atoms with Crippen LogP contribution in [0.1, 0.15) is 57.8 Å². The van der Waals surface area contributed by atoms with Gasteiger partial charge in [0.1, 0.15) is 29.8 Å². The van der Waals surface area contributed by atoms with E-state index >= 15 is 0 Å². The molecule has 2 aliphatic heterocycles. The van der Waals surface area contributed by atoms with Crippen LogP contribution in [0.25, 0.3) is 0 Å². The summed E-state index contributed by atoms with van der Waals surface area (Å²) in [4.78, 5) is 54.8. The van der Waals surface area contributed by atoms with E-state index in [1.165, 1.54) is 16.8 Å². The van der Waals surface area contributed by atoms with Gasteiger partial charge in [0, 0.05) is 43.4 Å². The fourth-order valence-electron chi connectivity index (χ4n) is 4.83. The summed E-state index contributed by atoms with van der Waals surface area (Å²) in [7, 11) is 0. The van der Waals surface area contributed by atoms with Gasteiger partial charge in [-0.2, -0.15) is 0 Å². The lowest BCUT2D eigenvalue weighted by atomic mass is 10.0. The number of benzene rings is 2. The SMILES string of the molecule is CC1CCC(=O)C2CN1C(=O)c1c(OCc3ccccc3)c(=O)c(C(=O)NCc3ccc(F)cc3F)cn12. The number of carbonyl (C=O) groups is 3. The van der Waals surface area contributed by atoms with Gasteiger partial charge in [0.05, 0.1) is 0 Å². The summed E-state index contributed by atoms with van der Waals surface area (Å²) in [5.74, 6) is -3.34. The lowest BCUT2D eigenvalue weighted by Gasteiger charge is -2.36. The molecule has 196 valence electrons. The lowest BCUT2D eigenvalue weighted by molar-refractivity contribution is -0.122. The van der Waals surface area contributed by atoms with E-state index in [0.29, 0.717) is 12.5 Å². The second-order valence-electron chi connectivity index (χ2n) is 9.48. The highest BCUT2D eigenvalue weighted by atomic mass is 19.1. The number of nitrogens with zero attached hydrogens (tertiary/aromatic N) is 2. The van der Waals surface area contributed by atoms with Crippen molar-refractivity contribution in [2.24, 2.45) is 0 Å². The van der Waals surface area contributed by atoms with Gasteiger partial charge in [-0.3, -0.25) is 19.2 Å². The molecule has 0 saturated carbocycles. The van der Waals surface area contributed by atoms with Crippen molar-refractivity contribution in [3.05, 3.63) is 99.0 Å². The molecule has 3 aromatic rings. The minimum Gasteiger partial charge on any atom is -0.483 e. The number of carbonyl (C=O) groups excluding carboxylic acids is 3. The van der Waals surface area contributed by atoms with Crippen LogP contribution in [0.4, 0.5) is 8.78 Å². The first kappa shape index (κ1) is 25.3. The molecular formula is C28H25F2N3O5. The zero-order valence-electron chi connectivity index (χ0n) is 20.6. The van der Waals surface area contributed by atoms with E-state index in [9.17, 15) is 28.0 Å². The molecule has 2 amide bonds. The van der Waals surface area contributed by atoms with Crippen LogP contribution < -0.4 is 15.5 Å². The van der Waals surface area contributed by atoms with E-state index in [4.69, 9.17) is 4.74 Å². The molecule has 1 fully saturated rings. The summed E-state index contributed by atoms with van der Waals surface area (Å²) >= 11 is 0. The molecule has 1 saturated heterocycles. The minimum atomic E-state index is -0.845. The Balaban J connectivity index is 1.56. The van der Waals surface area contributed by atoms with E-state index in [2.05, 4.69) is 5.32 Å². The van der Waals surface area contributed by atoms with E-state index in [1.807, 2.05) is 13.0 Å². The number of fused-ring (bicyclic) bond motifs is 4. The molecule has 1 aromatic heterocycles. The van der Waals surface area contributed by atoms with Crippen molar-refractivity contribution in [1.29, 1.82) is 0 Å². The Bertz CT molecular complexity index is 1490. The van der Waals surface area contributed by atoms with Gasteiger partial charge in [-0.15, -0.1) is 0 Å². The standard InChI is InChI=1S/C28H25F2N3O5/c1-16-7-10-23(34)22-14-32(16)28(37)24-26(38-15-17-5-3-2-4-6-17)25(35)20(13-33(22)24)27(36)31-12-18-8-9-19(29)11-21(18)30/h2-6,8-9,11,13,16,22H,7,10,12,14-15H2,1H3,(H,31,36). The number of hydrogen-bond donors (Lipinski definition) is 1. The molecule has 2 unspecified atom stereocenters. The van der Waals surface area contributed by atoms with Gasteiger partial charge in [-0.1, -0.05) is 36.4 Å². The highest BCUT2D eigenvalue weighted by molar-refractivity contribution is 6.01. The molecule has 2 atom stereocenters. The van der Waals surface area contributed by atoms with Crippen LogP contribution in [0.3, 0.4) is 0 Å². The molecule has 0 aliphatic carbocycles. The van der Waals surface area contributed by atoms with Crippen molar-refractivity contribution in [1.82, 2.24) is 14.8 Å². The third-order valence-electron chi connectivity index (χ3n) is 7.00. The van der Waals surface area contributed by atoms with E-state index < -0.39 is 34.9 Å². The van der Waals surface area contributed by atoms with Gasteiger partial charge >= 0.3 is 0 Å². The second kappa shape index (κ2) is 10.2. The number of hydrogen-bond acceptors (Lipinski definition) is 5. The van der Waals surface area contributed by atoms with Crippen molar-refractivity contribution in [2.45, 2.75) is 45.0 Å². The molecule has 2 aliphatic rings. The Morgan fingerprint density at radius 2 is 1.87 bits per heavy atom. The van der Waals surface area contributed by atoms with Crippen molar-refractivity contribution in [3.8, 4) is 5.75 Å². The Kier molecular flexibility index (Phi) is 6.79. The highest BCUT2D eigenvalue weighted by Crippen LogP contribution is 2.33. The maximum atomic E-state index is 14.1. The summed E-state index contributed by atoms with van der Waals surface area (Å²) in [5, 5.41) is 2.47. The normalized spacial score (nSPS) is 18.6. The number of Topliss-reactive ketones (excluding diaryl/α,β-unsaturated/α-hetero) is 1. The minimum absolute atomic E-state index is 0.0251. The van der Waals surface area contributed by atoms with Gasteiger partial charge < -0.3 is 19.5 Å². The fraction of sp³-hybridized carbons (Fsp3) is 0.286. The fourth-order valence-corrected chi connectivity index (χ4v) is 4.83. The molecule has 2 bridgehead atoms. The predicted octanol–water partition coefficient (Wildman–Crippen LogP) is 3.38. The van der Waals surface area contributed by atoms with Gasteiger partial charge in [0.15, 0.2) is 17.2 Å². The molecule has 38 heavy (non-hydrogen) atoms. The molecule has 3 heterocycles. The monoisotopic (exact) mass is 521 g/mol. The van der Waals surface area contributed by atoms with E-state index in [0.717, 1.165) is 11.6 Å². The largest absolute Gasteiger partial charge is 0.483 e. The Morgan fingerprint density at radius 1 is 1.11 bits per heavy atom. The summed E-state index contributed by atoms with van der Waals surface area (Å²) in [5.41, 5.74) is -0.497. The van der Waals surface area contributed by atoms with Crippen LogP contribution in [0.2, 0.25) is 0 Å². The van der Waals surface area contributed by atoms with Crippen molar-refractivity contribution in [2.75, 3.05) is 6.54 Å². The van der Waals surface area contributed by atoms with Crippen LogP contribution in [-0.2, 0) is 17.9 Å². The summed E-state index contributed by atoms with van der Waals surface area (Å²) < 4.78 is 34.6. The summed E-state index contributed by atoms with van der Waals surface area (Å²) in [6.07, 6.45) is 1.93. The van der Waals surface area contributed by atoms with Crippen molar-refractivity contribution in [3.63, 3.8) is 0 Å². The summed E-state index contributed by atoms with van der Waals surface area (Å²) in [6.45, 7) is 1.62. The van der Waals surface area contributed by atoms with E-state index in [1.54, 1.807) is 29.2 Å². The van der Waals surface area contributed by atoms with Crippen molar-refractivity contribution >= 4 is 17.6 Å². The van der Waals surface area contributed by atoms with Gasteiger partial charge in [-0.05, 0) is 25.0 Å². The maximum Gasteiger partial charge on any atom is 0.274 e. The van der Waals surface area contributed by atoms with Crippen LogP contribution in [0.5, 0.6) is 5.75 Å². The first-order valence-electron chi connectivity index (χ1n) is 12.3. The molecule has 0 spiro atoms. The molecular weight excluding hydrogens is 496 g/mol. The van der Waals surface area contributed by atoms with Crippen molar-refractivity contribution < 1.29 is 27.9 Å². The van der Waals surface area contributed by atoms with Gasteiger partial charge in [0.25, 0.3) is 11.8 Å². The van der Waals surface area contributed by atoms with Gasteiger partial charge in [0.2, 0.25) is 5.43 Å². The second-order valence-corrected chi connectivity index (χ2v) is 9.48. The smallest absolute Gasteiger partial charge is 0.274 e. The number of pyridine rings is 1. The first-order valence-corrected chi connectivity index (χ1v) is 12.3.